The Hall–Kier alpha value is -2.70. The van der Waals surface area contributed by atoms with Crippen LogP contribution in [0, 0.1) is 0 Å². The summed E-state index contributed by atoms with van der Waals surface area (Å²) in [6.07, 6.45) is 1.02. The van der Waals surface area contributed by atoms with E-state index in [-0.39, 0.29) is 5.78 Å². The molecule has 3 aromatic rings. The molecular formula is C24H26N2O3S. The molecule has 0 saturated carbocycles. The van der Waals surface area contributed by atoms with Crippen molar-refractivity contribution >= 4 is 32.3 Å². The van der Waals surface area contributed by atoms with E-state index in [9.17, 15) is 13.2 Å². The lowest BCUT2D eigenvalue weighted by atomic mass is 10.1. The molecule has 4 rings (SSSR count). The standard InChI is InChI=1S/C24H26N2O3S/c1-2-23(27)17-19-7-10-22(11-8-19)25-13-15-26(16-14-25)30(28,29)24-12-9-20-5-3-4-6-21(20)18-24/h3-12,18H,2,13-17H2,1H3. The molecule has 30 heavy (non-hydrogen) atoms. The van der Waals surface area contributed by atoms with Gasteiger partial charge >= 0.3 is 0 Å². The molecule has 156 valence electrons. The Labute approximate surface area is 178 Å². The van der Waals surface area contributed by atoms with Crippen LogP contribution >= 0.6 is 0 Å². The SMILES string of the molecule is CCC(=O)Cc1ccc(N2CCN(S(=O)(=O)c3ccc4ccccc4c3)CC2)cc1. The molecule has 3 aromatic carbocycles. The molecule has 0 amide bonds. The molecule has 6 heteroatoms. The zero-order valence-corrected chi connectivity index (χ0v) is 17.9. The summed E-state index contributed by atoms with van der Waals surface area (Å²) in [6, 6.07) is 21.1. The number of fused-ring (bicyclic) bond motifs is 1. The first-order valence-electron chi connectivity index (χ1n) is 10.3. The fourth-order valence-electron chi connectivity index (χ4n) is 3.84. The van der Waals surface area contributed by atoms with Gasteiger partial charge in [0.05, 0.1) is 4.90 Å². The van der Waals surface area contributed by atoms with Gasteiger partial charge in [0.2, 0.25) is 10.0 Å². The number of Topliss-reactive ketones (excluding diaryl/α,β-unsaturated/α-hetero) is 1. The maximum absolute atomic E-state index is 13.1. The van der Waals surface area contributed by atoms with Crippen molar-refractivity contribution in [2.45, 2.75) is 24.7 Å². The Balaban J connectivity index is 1.43. The Morgan fingerprint density at radius 1 is 0.867 bits per heavy atom. The van der Waals surface area contributed by atoms with Crippen LogP contribution in [0.15, 0.2) is 71.6 Å². The quantitative estimate of drug-likeness (QED) is 0.605. The Morgan fingerprint density at radius 2 is 1.53 bits per heavy atom. The molecule has 0 radical (unpaired) electrons. The van der Waals surface area contributed by atoms with Crippen LogP contribution in [-0.4, -0.2) is 44.7 Å². The lowest BCUT2D eigenvalue weighted by Gasteiger charge is -2.35. The highest BCUT2D eigenvalue weighted by Crippen LogP contribution is 2.24. The van der Waals surface area contributed by atoms with Crippen molar-refractivity contribution in [2.24, 2.45) is 0 Å². The summed E-state index contributed by atoms with van der Waals surface area (Å²) in [5.41, 5.74) is 2.08. The van der Waals surface area contributed by atoms with Gasteiger partial charge in [0.1, 0.15) is 5.78 Å². The monoisotopic (exact) mass is 422 g/mol. The molecule has 0 N–H and O–H groups in total. The fourth-order valence-corrected chi connectivity index (χ4v) is 5.30. The molecule has 1 aliphatic rings. The number of piperazine rings is 1. The van der Waals surface area contributed by atoms with Gasteiger partial charge in [0.25, 0.3) is 0 Å². The minimum Gasteiger partial charge on any atom is -0.369 e. The highest BCUT2D eigenvalue weighted by molar-refractivity contribution is 7.89. The zero-order valence-electron chi connectivity index (χ0n) is 17.1. The van der Waals surface area contributed by atoms with Crippen LogP contribution in [-0.2, 0) is 21.2 Å². The average Bonchev–Trinajstić information content (AvgIpc) is 2.79. The van der Waals surface area contributed by atoms with Crippen LogP contribution in [0.5, 0.6) is 0 Å². The molecule has 0 bridgehead atoms. The Morgan fingerprint density at radius 3 is 2.20 bits per heavy atom. The van der Waals surface area contributed by atoms with Gasteiger partial charge in [-0.2, -0.15) is 4.31 Å². The maximum atomic E-state index is 13.1. The van der Waals surface area contributed by atoms with E-state index in [0.29, 0.717) is 43.9 Å². The topological polar surface area (TPSA) is 57.7 Å². The van der Waals surface area contributed by atoms with Crippen LogP contribution in [0.4, 0.5) is 5.69 Å². The van der Waals surface area contributed by atoms with Crippen LogP contribution < -0.4 is 4.90 Å². The van der Waals surface area contributed by atoms with Crippen molar-refractivity contribution in [3.05, 3.63) is 72.3 Å². The second kappa shape index (κ2) is 8.58. The number of nitrogens with zero attached hydrogens (tertiary/aromatic N) is 2. The molecule has 0 aliphatic carbocycles. The van der Waals surface area contributed by atoms with E-state index < -0.39 is 10.0 Å². The lowest BCUT2D eigenvalue weighted by molar-refractivity contribution is -0.118. The van der Waals surface area contributed by atoms with E-state index in [0.717, 1.165) is 22.0 Å². The third-order valence-corrected chi connectivity index (χ3v) is 7.59. The number of sulfonamides is 1. The van der Waals surface area contributed by atoms with Gasteiger partial charge < -0.3 is 4.90 Å². The first-order valence-corrected chi connectivity index (χ1v) is 11.8. The minimum absolute atomic E-state index is 0.232. The van der Waals surface area contributed by atoms with Crippen LogP contribution in [0.3, 0.4) is 0 Å². The maximum Gasteiger partial charge on any atom is 0.243 e. The number of hydrogen-bond donors (Lipinski definition) is 0. The van der Waals surface area contributed by atoms with Gasteiger partial charge in [0, 0.05) is 44.7 Å². The van der Waals surface area contributed by atoms with Gasteiger partial charge in [0.15, 0.2) is 0 Å². The molecular weight excluding hydrogens is 396 g/mol. The normalized spacial score (nSPS) is 15.4. The van der Waals surface area contributed by atoms with Gasteiger partial charge in [-0.3, -0.25) is 4.79 Å². The molecule has 1 heterocycles. The minimum atomic E-state index is -3.51. The molecule has 1 aliphatic heterocycles. The molecule has 0 atom stereocenters. The second-order valence-electron chi connectivity index (χ2n) is 7.64. The van der Waals surface area contributed by atoms with E-state index in [2.05, 4.69) is 4.90 Å². The Bertz CT molecular complexity index is 1150. The molecule has 5 nitrogen and oxygen atoms in total. The largest absolute Gasteiger partial charge is 0.369 e. The van der Waals surface area contributed by atoms with Crippen molar-refractivity contribution < 1.29 is 13.2 Å². The zero-order chi connectivity index (χ0) is 21.1. The second-order valence-corrected chi connectivity index (χ2v) is 9.57. The van der Waals surface area contributed by atoms with Crippen LogP contribution in [0.1, 0.15) is 18.9 Å². The van der Waals surface area contributed by atoms with Crippen molar-refractivity contribution in [1.82, 2.24) is 4.31 Å². The molecule has 1 saturated heterocycles. The average molecular weight is 423 g/mol. The number of carbonyl (C=O) groups excluding carboxylic acids is 1. The molecule has 1 fully saturated rings. The number of benzene rings is 3. The first kappa shape index (κ1) is 20.6. The van der Waals surface area contributed by atoms with E-state index in [1.54, 1.807) is 16.4 Å². The van der Waals surface area contributed by atoms with E-state index >= 15 is 0 Å². The number of ketones is 1. The lowest BCUT2D eigenvalue weighted by Crippen LogP contribution is -2.48. The predicted octanol–water partition coefficient (Wildman–Crippen LogP) is 3.87. The third-order valence-electron chi connectivity index (χ3n) is 5.69. The summed E-state index contributed by atoms with van der Waals surface area (Å²) in [6.45, 7) is 4.05. The van der Waals surface area contributed by atoms with Crippen molar-refractivity contribution in [2.75, 3.05) is 31.1 Å². The molecule has 0 aromatic heterocycles. The van der Waals surface area contributed by atoms with Gasteiger partial charge in [-0.15, -0.1) is 0 Å². The predicted molar refractivity (Wildman–Crippen MR) is 120 cm³/mol. The molecule has 0 unspecified atom stereocenters. The highest BCUT2D eigenvalue weighted by atomic mass is 32.2. The highest BCUT2D eigenvalue weighted by Gasteiger charge is 2.28. The van der Waals surface area contributed by atoms with Gasteiger partial charge in [-0.05, 0) is 40.6 Å². The number of anilines is 1. The van der Waals surface area contributed by atoms with Gasteiger partial charge in [-0.1, -0.05) is 49.4 Å². The summed E-state index contributed by atoms with van der Waals surface area (Å²) in [5, 5.41) is 1.96. The van der Waals surface area contributed by atoms with Gasteiger partial charge in [-0.25, -0.2) is 8.42 Å². The van der Waals surface area contributed by atoms with E-state index in [1.807, 2.05) is 61.5 Å². The van der Waals surface area contributed by atoms with E-state index in [4.69, 9.17) is 0 Å². The summed E-state index contributed by atoms with van der Waals surface area (Å²) in [4.78, 5) is 14.2. The third kappa shape index (κ3) is 4.25. The number of carbonyl (C=O) groups is 1. The fraction of sp³-hybridized carbons (Fsp3) is 0.292. The smallest absolute Gasteiger partial charge is 0.243 e. The van der Waals surface area contributed by atoms with Crippen LogP contribution in [0.2, 0.25) is 0 Å². The number of rotatable bonds is 6. The van der Waals surface area contributed by atoms with Crippen LogP contribution in [0.25, 0.3) is 10.8 Å². The molecule has 0 spiro atoms. The summed E-state index contributed by atoms with van der Waals surface area (Å²) in [5.74, 6) is 0.232. The van der Waals surface area contributed by atoms with Crippen molar-refractivity contribution in [3.63, 3.8) is 0 Å². The first-order chi connectivity index (χ1) is 14.5. The Kier molecular flexibility index (Phi) is 5.88. The number of hydrogen-bond acceptors (Lipinski definition) is 4. The summed E-state index contributed by atoms with van der Waals surface area (Å²) < 4.78 is 27.8. The summed E-state index contributed by atoms with van der Waals surface area (Å²) in [7, 11) is -3.51. The van der Waals surface area contributed by atoms with Crippen molar-refractivity contribution in [3.8, 4) is 0 Å². The summed E-state index contributed by atoms with van der Waals surface area (Å²) >= 11 is 0. The van der Waals surface area contributed by atoms with Crippen molar-refractivity contribution in [1.29, 1.82) is 0 Å². The van der Waals surface area contributed by atoms with E-state index in [1.165, 1.54) is 0 Å².